The number of hydrogen-bond acceptors (Lipinski definition) is 2. The summed E-state index contributed by atoms with van der Waals surface area (Å²) in [5, 5.41) is 3.21. The zero-order valence-electron chi connectivity index (χ0n) is 6.93. The Labute approximate surface area is 63.6 Å². The van der Waals surface area contributed by atoms with Crippen molar-refractivity contribution in [3.63, 3.8) is 0 Å². The Balaban J connectivity index is 2.25. The molecule has 1 radical (unpaired) electrons. The van der Waals surface area contributed by atoms with E-state index < -0.39 is 0 Å². The van der Waals surface area contributed by atoms with Crippen LogP contribution in [-0.2, 0) is 0 Å². The van der Waals surface area contributed by atoms with Gasteiger partial charge in [-0.15, -0.1) is 0 Å². The van der Waals surface area contributed by atoms with Gasteiger partial charge < -0.3 is 10.2 Å². The lowest BCUT2D eigenvalue weighted by molar-refractivity contribution is 0.211. The van der Waals surface area contributed by atoms with Gasteiger partial charge in [-0.05, 0) is 39.9 Å². The minimum atomic E-state index is 0.735. The average molecular weight is 141 g/mol. The van der Waals surface area contributed by atoms with Crippen molar-refractivity contribution in [2.75, 3.05) is 27.2 Å². The van der Waals surface area contributed by atoms with Crippen LogP contribution in [0.2, 0.25) is 0 Å². The molecule has 1 heterocycles. The van der Waals surface area contributed by atoms with Gasteiger partial charge in [-0.3, -0.25) is 0 Å². The van der Waals surface area contributed by atoms with E-state index >= 15 is 0 Å². The lowest BCUT2D eigenvalue weighted by atomic mass is 10.0. The van der Waals surface area contributed by atoms with Crippen LogP contribution in [0.3, 0.4) is 0 Å². The van der Waals surface area contributed by atoms with Gasteiger partial charge in [0.25, 0.3) is 0 Å². The molecule has 1 N–H and O–H groups in total. The lowest BCUT2D eigenvalue weighted by Crippen LogP contribution is -2.42. The summed E-state index contributed by atoms with van der Waals surface area (Å²) in [6.07, 6.45) is 4.90. The van der Waals surface area contributed by atoms with Crippen LogP contribution >= 0.6 is 0 Å². The maximum absolute atomic E-state index is 3.21. The molecule has 0 saturated carbocycles. The predicted molar refractivity (Wildman–Crippen MR) is 43.9 cm³/mol. The molecule has 10 heavy (non-hydrogen) atoms. The number of likely N-dealkylation sites (tertiary alicyclic amines) is 1. The third-order valence-electron chi connectivity index (χ3n) is 2.19. The first-order chi connectivity index (χ1) is 4.84. The molecule has 1 unspecified atom stereocenters. The van der Waals surface area contributed by atoms with Crippen LogP contribution in [0.5, 0.6) is 0 Å². The molecule has 1 atom stereocenters. The van der Waals surface area contributed by atoms with Gasteiger partial charge in [-0.1, -0.05) is 0 Å². The summed E-state index contributed by atoms with van der Waals surface area (Å²) < 4.78 is 0. The molecule has 0 aromatic rings. The van der Waals surface area contributed by atoms with E-state index in [1.165, 1.54) is 19.4 Å². The normalized spacial score (nSPS) is 28.8. The highest BCUT2D eigenvalue weighted by Gasteiger charge is 2.17. The van der Waals surface area contributed by atoms with E-state index in [4.69, 9.17) is 0 Å². The summed E-state index contributed by atoms with van der Waals surface area (Å²) in [7, 11) is 4.22. The first-order valence-corrected chi connectivity index (χ1v) is 4.01. The molecule has 59 valence electrons. The number of likely N-dealkylation sites (N-methyl/N-ethyl adjacent to an activating group) is 2. The molecule has 1 aliphatic heterocycles. The van der Waals surface area contributed by atoms with Crippen molar-refractivity contribution in [2.45, 2.75) is 18.9 Å². The average Bonchev–Trinajstić information content (AvgIpc) is 1.94. The molecular formula is C8H17N2. The standard InChI is InChI=1S/C8H17N2/c1-9-7-8-5-3-4-6-10(8)2/h3,8-9H,4-7H2,1-2H3. The van der Waals surface area contributed by atoms with Gasteiger partial charge in [-0.2, -0.15) is 0 Å². The van der Waals surface area contributed by atoms with E-state index in [-0.39, 0.29) is 0 Å². The van der Waals surface area contributed by atoms with E-state index in [1.54, 1.807) is 0 Å². The van der Waals surface area contributed by atoms with Gasteiger partial charge in [0.2, 0.25) is 0 Å². The third-order valence-corrected chi connectivity index (χ3v) is 2.19. The van der Waals surface area contributed by atoms with E-state index in [0.29, 0.717) is 0 Å². The summed E-state index contributed by atoms with van der Waals surface area (Å²) in [5.41, 5.74) is 0. The van der Waals surface area contributed by atoms with Crippen LogP contribution in [0.25, 0.3) is 0 Å². The summed E-state index contributed by atoms with van der Waals surface area (Å²) in [6, 6.07) is 0.735. The van der Waals surface area contributed by atoms with Crippen molar-refractivity contribution in [3.8, 4) is 0 Å². The first kappa shape index (κ1) is 8.02. The maximum atomic E-state index is 3.21. The van der Waals surface area contributed by atoms with Crippen LogP contribution in [0, 0.1) is 6.42 Å². The molecule has 0 bridgehead atoms. The molecule has 2 heteroatoms. The molecule has 0 aliphatic carbocycles. The van der Waals surface area contributed by atoms with Crippen LogP contribution in [0.15, 0.2) is 0 Å². The molecule has 0 amide bonds. The zero-order valence-corrected chi connectivity index (χ0v) is 6.93. The fourth-order valence-electron chi connectivity index (χ4n) is 1.44. The summed E-state index contributed by atoms with van der Waals surface area (Å²) in [5.74, 6) is 0. The number of rotatable bonds is 2. The molecule has 1 rings (SSSR count). The Bertz CT molecular complexity index is 91.3. The molecule has 0 spiro atoms. The second-order valence-electron chi connectivity index (χ2n) is 3.01. The Hall–Kier alpha value is -0.0800. The lowest BCUT2D eigenvalue weighted by Gasteiger charge is -2.31. The smallest absolute Gasteiger partial charge is 0.0220 e. The Morgan fingerprint density at radius 2 is 2.50 bits per heavy atom. The van der Waals surface area contributed by atoms with E-state index in [1.807, 2.05) is 7.05 Å². The van der Waals surface area contributed by atoms with Gasteiger partial charge in [0.05, 0.1) is 0 Å². The second kappa shape index (κ2) is 3.94. The Morgan fingerprint density at radius 1 is 1.70 bits per heavy atom. The van der Waals surface area contributed by atoms with Crippen molar-refractivity contribution >= 4 is 0 Å². The minimum absolute atomic E-state index is 0.735. The highest BCUT2D eigenvalue weighted by molar-refractivity contribution is 4.84. The molecule has 0 aromatic carbocycles. The van der Waals surface area contributed by atoms with Crippen LogP contribution in [0.4, 0.5) is 0 Å². The van der Waals surface area contributed by atoms with Gasteiger partial charge in [0.1, 0.15) is 0 Å². The summed E-state index contributed by atoms with van der Waals surface area (Å²) in [4.78, 5) is 2.43. The molecule has 0 aromatic heterocycles. The van der Waals surface area contributed by atoms with E-state index in [2.05, 4.69) is 23.7 Å². The molecule has 1 fully saturated rings. The fourth-order valence-corrected chi connectivity index (χ4v) is 1.44. The Kier molecular flexibility index (Phi) is 3.16. The number of piperidine rings is 1. The molecule has 1 saturated heterocycles. The van der Waals surface area contributed by atoms with Gasteiger partial charge in [0.15, 0.2) is 0 Å². The predicted octanol–water partition coefficient (Wildman–Crippen LogP) is 0.504. The first-order valence-electron chi connectivity index (χ1n) is 4.01. The third kappa shape index (κ3) is 1.96. The quantitative estimate of drug-likeness (QED) is 0.602. The number of hydrogen-bond donors (Lipinski definition) is 1. The van der Waals surface area contributed by atoms with Crippen molar-refractivity contribution in [2.24, 2.45) is 0 Å². The highest BCUT2D eigenvalue weighted by atomic mass is 15.1. The zero-order chi connectivity index (χ0) is 7.40. The van der Waals surface area contributed by atoms with Crippen LogP contribution in [-0.4, -0.2) is 38.1 Å². The molecule has 1 aliphatic rings. The second-order valence-corrected chi connectivity index (χ2v) is 3.01. The Morgan fingerprint density at radius 3 is 3.10 bits per heavy atom. The topological polar surface area (TPSA) is 15.3 Å². The van der Waals surface area contributed by atoms with Gasteiger partial charge >= 0.3 is 0 Å². The SMILES string of the molecule is CNCC1C[CH]CCN1C. The highest BCUT2D eigenvalue weighted by Crippen LogP contribution is 2.12. The number of nitrogens with zero attached hydrogens (tertiary/aromatic N) is 1. The molecular weight excluding hydrogens is 124 g/mol. The monoisotopic (exact) mass is 141 g/mol. The maximum Gasteiger partial charge on any atom is 0.0220 e. The van der Waals surface area contributed by atoms with Gasteiger partial charge in [-0.25, -0.2) is 0 Å². The summed E-state index contributed by atoms with van der Waals surface area (Å²) in [6.45, 7) is 2.35. The van der Waals surface area contributed by atoms with Crippen LogP contribution < -0.4 is 5.32 Å². The van der Waals surface area contributed by atoms with E-state index in [9.17, 15) is 0 Å². The fraction of sp³-hybridized carbons (Fsp3) is 0.875. The minimum Gasteiger partial charge on any atom is -0.318 e. The van der Waals surface area contributed by atoms with Gasteiger partial charge in [0, 0.05) is 12.6 Å². The molecule has 2 nitrogen and oxygen atoms in total. The van der Waals surface area contributed by atoms with Crippen molar-refractivity contribution < 1.29 is 0 Å². The van der Waals surface area contributed by atoms with Crippen LogP contribution in [0.1, 0.15) is 12.8 Å². The summed E-state index contributed by atoms with van der Waals surface area (Å²) >= 11 is 0. The van der Waals surface area contributed by atoms with Crippen molar-refractivity contribution in [3.05, 3.63) is 6.42 Å². The van der Waals surface area contributed by atoms with Crippen molar-refractivity contribution in [1.82, 2.24) is 10.2 Å². The van der Waals surface area contributed by atoms with E-state index in [0.717, 1.165) is 12.6 Å². The number of nitrogens with one attached hydrogen (secondary N) is 1. The largest absolute Gasteiger partial charge is 0.318 e. The van der Waals surface area contributed by atoms with Crippen molar-refractivity contribution in [1.29, 1.82) is 0 Å².